The van der Waals surface area contributed by atoms with E-state index in [0.717, 1.165) is 10.8 Å². The third kappa shape index (κ3) is 1.97. The molecule has 0 aliphatic heterocycles. The summed E-state index contributed by atoms with van der Waals surface area (Å²) in [7, 11) is 0. The highest BCUT2D eigenvalue weighted by Crippen LogP contribution is 2.28. The van der Waals surface area contributed by atoms with Crippen LogP contribution in [0, 0.1) is 0 Å². The fourth-order valence-electron chi connectivity index (χ4n) is 2.11. The highest BCUT2D eigenvalue weighted by Gasteiger charge is 2.18. The number of phenolic OH excluding ortho intramolecular Hbond substituents is 1. The zero-order valence-corrected chi connectivity index (χ0v) is 10.4. The Balaban J connectivity index is 2.17. The molecule has 0 amide bonds. The molecule has 20 heavy (non-hydrogen) atoms. The van der Waals surface area contributed by atoms with Gasteiger partial charge in [-0.2, -0.15) is 0 Å². The van der Waals surface area contributed by atoms with Crippen LogP contribution in [0.25, 0.3) is 10.8 Å². The Kier molecular flexibility index (Phi) is 2.84. The third-order valence-corrected chi connectivity index (χ3v) is 3.11. The monoisotopic (exact) mass is 265 g/mol. The quantitative estimate of drug-likeness (QED) is 0.699. The van der Waals surface area contributed by atoms with Gasteiger partial charge in [0.15, 0.2) is 5.69 Å². The molecule has 2 aromatic carbocycles. The van der Waals surface area contributed by atoms with Crippen LogP contribution in [0.15, 0.2) is 54.7 Å². The first-order valence-corrected chi connectivity index (χ1v) is 6.07. The lowest BCUT2D eigenvalue weighted by molar-refractivity contribution is 0.102. The molecule has 1 aromatic heterocycles. The number of phenols is 1. The van der Waals surface area contributed by atoms with Crippen LogP contribution in [0.5, 0.6) is 11.5 Å². The molecule has 0 aliphatic carbocycles. The number of carbonyl (C=O) groups excluding carboxylic acids is 1. The number of benzene rings is 2. The molecule has 0 atom stereocenters. The Morgan fingerprint density at radius 3 is 2.30 bits per heavy atom. The minimum atomic E-state index is -0.508. The topological polar surface area (TPSA) is 70.4 Å². The summed E-state index contributed by atoms with van der Waals surface area (Å²) in [6.07, 6.45) is 1.42. The van der Waals surface area contributed by atoms with Crippen molar-refractivity contribution in [3.05, 3.63) is 66.0 Å². The van der Waals surface area contributed by atoms with Crippen molar-refractivity contribution < 1.29 is 15.0 Å². The molecule has 0 aliphatic rings. The number of hydrogen-bond donors (Lipinski definition) is 2. The van der Waals surface area contributed by atoms with Crippen molar-refractivity contribution in [2.75, 3.05) is 0 Å². The smallest absolute Gasteiger partial charge is 0.218 e. The second kappa shape index (κ2) is 4.66. The molecule has 0 spiro atoms. The largest absolute Gasteiger partial charge is 0.507 e. The molecule has 98 valence electrons. The van der Waals surface area contributed by atoms with Gasteiger partial charge in [-0.1, -0.05) is 24.3 Å². The Morgan fingerprint density at radius 1 is 0.900 bits per heavy atom. The number of fused-ring (bicyclic) bond motifs is 1. The number of carbonyl (C=O) groups is 1. The maximum Gasteiger partial charge on any atom is 0.218 e. The van der Waals surface area contributed by atoms with E-state index in [2.05, 4.69) is 4.98 Å². The second-order valence-electron chi connectivity index (χ2n) is 4.42. The minimum absolute atomic E-state index is 0.0712. The average molecular weight is 265 g/mol. The van der Waals surface area contributed by atoms with Crippen molar-refractivity contribution >= 4 is 16.6 Å². The van der Waals surface area contributed by atoms with Crippen LogP contribution in [0.2, 0.25) is 0 Å². The predicted molar refractivity (Wildman–Crippen MR) is 74.9 cm³/mol. The van der Waals surface area contributed by atoms with E-state index in [9.17, 15) is 15.0 Å². The maximum atomic E-state index is 12.3. The maximum absolute atomic E-state index is 12.3. The molecular weight excluding hydrogens is 254 g/mol. The summed E-state index contributed by atoms with van der Waals surface area (Å²) >= 11 is 0. The Labute approximate surface area is 115 Å². The van der Waals surface area contributed by atoms with E-state index in [4.69, 9.17) is 0 Å². The zero-order valence-electron chi connectivity index (χ0n) is 10.4. The van der Waals surface area contributed by atoms with Gasteiger partial charge in [0.25, 0.3) is 0 Å². The van der Waals surface area contributed by atoms with E-state index in [1.54, 1.807) is 6.07 Å². The summed E-state index contributed by atoms with van der Waals surface area (Å²) in [5.74, 6) is -0.838. The molecule has 0 unspecified atom stereocenters. The fourth-order valence-corrected chi connectivity index (χ4v) is 2.11. The summed E-state index contributed by atoms with van der Waals surface area (Å²) in [6.45, 7) is 0. The summed E-state index contributed by atoms with van der Waals surface area (Å²) in [5.41, 5.74) is 0.0516. The van der Waals surface area contributed by atoms with Gasteiger partial charge in [-0.15, -0.1) is 0 Å². The molecule has 3 aromatic rings. The van der Waals surface area contributed by atoms with Crippen LogP contribution in [-0.2, 0) is 0 Å². The predicted octanol–water partition coefficient (Wildman–Crippen LogP) is 2.88. The van der Waals surface area contributed by atoms with E-state index in [0.29, 0.717) is 0 Å². The summed E-state index contributed by atoms with van der Waals surface area (Å²) in [4.78, 5) is 16.2. The lowest BCUT2D eigenvalue weighted by Crippen LogP contribution is -2.04. The first kappa shape index (κ1) is 12.2. The number of nitrogens with zero attached hydrogens (tertiary/aromatic N) is 1. The number of ketones is 1. The first-order valence-electron chi connectivity index (χ1n) is 6.07. The van der Waals surface area contributed by atoms with Crippen LogP contribution in [0.1, 0.15) is 16.1 Å². The Bertz CT molecular complexity index is 812. The van der Waals surface area contributed by atoms with Crippen molar-refractivity contribution in [1.29, 1.82) is 0 Å². The first-order chi connectivity index (χ1) is 9.66. The van der Waals surface area contributed by atoms with Crippen LogP contribution in [0.4, 0.5) is 0 Å². The summed E-state index contributed by atoms with van der Waals surface area (Å²) in [5, 5.41) is 21.4. The van der Waals surface area contributed by atoms with Crippen LogP contribution >= 0.6 is 0 Å². The molecule has 0 saturated carbocycles. The fraction of sp³-hybridized carbons (Fsp3) is 0. The van der Waals surface area contributed by atoms with E-state index in [-0.39, 0.29) is 22.8 Å². The van der Waals surface area contributed by atoms with Gasteiger partial charge >= 0.3 is 0 Å². The van der Waals surface area contributed by atoms with Gasteiger partial charge in [-0.05, 0) is 35.0 Å². The van der Waals surface area contributed by atoms with E-state index >= 15 is 0 Å². The average Bonchev–Trinajstić information content (AvgIpc) is 2.46. The zero-order chi connectivity index (χ0) is 14.1. The SMILES string of the molecule is O=C(c1cc2ccccc2cc1O)c1ncccc1O. The van der Waals surface area contributed by atoms with Gasteiger partial charge < -0.3 is 10.2 Å². The number of hydrogen-bond acceptors (Lipinski definition) is 4. The van der Waals surface area contributed by atoms with E-state index in [1.165, 1.54) is 24.4 Å². The molecule has 4 heteroatoms. The molecule has 0 saturated heterocycles. The van der Waals surface area contributed by atoms with Crippen LogP contribution in [-0.4, -0.2) is 21.0 Å². The van der Waals surface area contributed by atoms with Crippen LogP contribution < -0.4 is 0 Å². The van der Waals surface area contributed by atoms with Gasteiger partial charge in [0.1, 0.15) is 11.5 Å². The lowest BCUT2D eigenvalue weighted by Gasteiger charge is -2.07. The number of aromatic nitrogens is 1. The third-order valence-electron chi connectivity index (χ3n) is 3.11. The standard InChI is InChI=1S/C16H11NO3/c18-13-6-3-7-17-15(13)16(20)12-8-10-4-1-2-5-11(10)9-14(12)19/h1-9,18-19H. The molecule has 2 N–H and O–H groups in total. The lowest BCUT2D eigenvalue weighted by atomic mass is 10.0. The van der Waals surface area contributed by atoms with E-state index < -0.39 is 5.78 Å². The van der Waals surface area contributed by atoms with Gasteiger partial charge in [-0.25, -0.2) is 4.98 Å². The van der Waals surface area contributed by atoms with Gasteiger partial charge in [-0.3, -0.25) is 4.79 Å². The molecule has 0 bridgehead atoms. The van der Waals surface area contributed by atoms with E-state index in [1.807, 2.05) is 24.3 Å². The van der Waals surface area contributed by atoms with Crippen LogP contribution in [0.3, 0.4) is 0 Å². The summed E-state index contributed by atoms with van der Waals surface area (Å²) in [6, 6.07) is 13.5. The normalized spacial score (nSPS) is 10.6. The molecule has 3 rings (SSSR count). The highest BCUT2D eigenvalue weighted by molar-refractivity contribution is 6.12. The molecule has 4 nitrogen and oxygen atoms in total. The minimum Gasteiger partial charge on any atom is -0.507 e. The molecule has 0 radical (unpaired) electrons. The van der Waals surface area contributed by atoms with Crippen molar-refractivity contribution in [3.8, 4) is 11.5 Å². The van der Waals surface area contributed by atoms with Gasteiger partial charge in [0.2, 0.25) is 5.78 Å². The Morgan fingerprint density at radius 2 is 1.60 bits per heavy atom. The highest BCUT2D eigenvalue weighted by atomic mass is 16.3. The number of pyridine rings is 1. The van der Waals surface area contributed by atoms with Crippen molar-refractivity contribution in [3.63, 3.8) is 0 Å². The molecular formula is C16H11NO3. The van der Waals surface area contributed by atoms with Gasteiger partial charge in [0.05, 0.1) is 5.56 Å². The molecule has 0 fully saturated rings. The number of rotatable bonds is 2. The summed E-state index contributed by atoms with van der Waals surface area (Å²) < 4.78 is 0. The van der Waals surface area contributed by atoms with Crippen molar-refractivity contribution in [1.82, 2.24) is 4.98 Å². The molecule has 1 heterocycles. The second-order valence-corrected chi connectivity index (χ2v) is 4.42. The Hall–Kier alpha value is -2.88. The van der Waals surface area contributed by atoms with Crippen molar-refractivity contribution in [2.45, 2.75) is 0 Å². The number of aromatic hydroxyl groups is 2. The van der Waals surface area contributed by atoms with Crippen molar-refractivity contribution in [2.24, 2.45) is 0 Å². The van der Waals surface area contributed by atoms with Gasteiger partial charge in [0, 0.05) is 6.20 Å².